The molecular weight excluding hydrogens is 1200 g/mol. The predicted octanol–water partition coefficient (Wildman–Crippen LogP) is -6.71. The molecule has 5 aliphatic heterocycles. The lowest BCUT2D eigenvalue weighted by molar-refractivity contribution is -0.386. The number of carbonyl (C=O) groups is 3. The molecule has 0 radical (unpaired) electrons. The lowest BCUT2D eigenvalue weighted by atomic mass is 9.94. The number of rotatable bonds is 34. The average molecular weight is 1290 g/mol. The number of hydrogen-bond donors (Lipinski definition) is 18. The number of amides is 2. The molecule has 0 aliphatic carbocycles. The number of carbonyl (C=O) groups excluding carboxylic acids is 2. The minimum Gasteiger partial charge on any atom is -0.479 e. The van der Waals surface area contributed by atoms with Gasteiger partial charge >= 0.3 is 16.4 Å². The first-order valence-corrected chi connectivity index (χ1v) is 30.4. The van der Waals surface area contributed by atoms with Crippen LogP contribution in [0, 0.1) is 0 Å². The monoisotopic (exact) mass is 1290 g/mol. The van der Waals surface area contributed by atoms with Gasteiger partial charge in [-0.15, -0.1) is 0 Å². The molecule has 27 atom stereocenters. The molecular formula is C52H90N2O32S. The fraction of sp³-hybridized carbons (Fsp3) is 0.904. The quantitative estimate of drug-likeness (QED) is 0.0162. The van der Waals surface area contributed by atoms with Crippen molar-refractivity contribution < 1.29 is 156 Å². The third-order valence-corrected chi connectivity index (χ3v) is 15.9. The second kappa shape index (κ2) is 35.8. The summed E-state index contributed by atoms with van der Waals surface area (Å²) in [6.45, 7) is -0.285. The standard InChI is InChI=1S/C52H90N2O32S/c1-4-5-6-7-8-9-10-11-12-13-14-15-16-17-26(61)25(53-23(2)59)22-76-49-36(66)35(65)42(30(21-58)80-49)82-51-38(68)43(32(62)27(18-55)78-51)83-48-31(54-24(3)60)34(64)41(29(20-57)79-48)81-50-39(69)44(33(63)28(19-56)77-50)84-52-40(70)45(86-87(73,74)75)37(67)46(85-52)47(71)72/h16-17,25-46,48-52,55-58,61-70H,4-15,18-22H2,1-3H3,(H,53,59)(H,54,60)(H,71,72)(H,73,74,75)/b17-16+/t25-,26+,27+,28+,29+,30+,31+,32-,33-,34+,35+,36+,37-,38+,39+,40+,41+,42+,43-,44-,45-,46-,48-,49+,50-,51-,52+/m0/s1. The molecule has 2 amide bonds. The Labute approximate surface area is 501 Å². The summed E-state index contributed by atoms with van der Waals surface area (Å²) >= 11 is 0. The normalized spacial score (nSPS) is 39.3. The smallest absolute Gasteiger partial charge is 0.397 e. The molecule has 5 aliphatic rings. The van der Waals surface area contributed by atoms with Crippen LogP contribution in [0.15, 0.2) is 12.2 Å². The lowest BCUT2D eigenvalue weighted by Crippen LogP contribution is -2.70. The van der Waals surface area contributed by atoms with E-state index < -0.39 is 227 Å². The van der Waals surface area contributed by atoms with Gasteiger partial charge in [0.1, 0.15) is 116 Å². The van der Waals surface area contributed by atoms with E-state index in [4.69, 9.17) is 47.4 Å². The molecule has 0 spiro atoms. The van der Waals surface area contributed by atoms with Gasteiger partial charge in [-0.3, -0.25) is 14.1 Å². The van der Waals surface area contributed by atoms with Crippen LogP contribution in [0.25, 0.3) is 0 Å². The van der Waals surface area contributed by atoms with Gasteiger partial charge in [0, 0.05) is 13.8 Å². The molecule has 0 saturated carbocycles. The number of aliphatic hydroxyl groups is 14. The van der Waals surface area contributed by atoms with E-state index in [0.29, 0.717) is 6.42 Å². The van der Waals surface area contributed by atoms with Gasteiger partial charge in [-0.25, -0.2) is 8.98 Å². The number of hydrogen-bond acceptors (Lipinski definition) is 30. The summed E-state index contributed by atoms with van der Waals surface area (Å²) in [6, 6.07) is -2.93. The van der Waals surface area contributed by atoms with Crippen LogP contribution in [0.5, 0.6) is 0 Å². The minimum absolute atomic E-state index is 0.474. The van der Waals surface area contributed by atoms with Crippen molar-refractivity contribution >= 4 is 28.2 Å². The molecule has 5 heterocycles. The summed E-state index contributed by atoms with van der Waals surface area (Å²) < 4.78 is 93.4. The Morgan fingerprint density at radius 2 is 0.954 bits per heavy atom. The highest BCUT2D eigenvalue weighted by Gasteiger charge is 2.58. The Morgan fingerprint density at radius 1 is 0.517 bits per heavy atom. The van der Waals surface area contributed by atoms with Crippen LogP contribution in [0.1, 0.15) is 97.8 Å². The van der Waals surface area contributed by atoms with Gasteiger partial charge in [0.25, 0.3) is 0 Å². The Morgan fingerprint density at radius 3 is 1.43 bits per heavy atom. The van der Waals surface area contributed by atoms with Gasteiger partial charge in [0.2, 0.25) is 11.8 Å². The van der Waals surface area contributed by atoms with E-state index in [9.17, 15) is 104 Å². The number of unbranched alkanes of at least 4 members (excludes halogenated alkanes) is 11. The first-order valence-electron chi connectivity index (χ1n) is 29.1. The van der Waals surface area contributed by atoms with Crippen LogP contribution in [-0.4, -0.2) is 306 Å². The van der Waals surface area contributed by atoms with Crippen LogP contribution in [0.3, 0.4) is 0 Å². The van der Waals surface area contributed by atoms with E-state index in [-0.39, 0.29) is 0 Å². The summed E-state index contributed by atoms with van der Waals surface area (Å²) in [5.41, 5.74) is 0. The molecule has 5 rings (SSSR count). The fourth-order valence-corrected chi connectivity index (χ4v) is 11.3. The van der Waals surface area contributed by atoms with Gasteiger partial charge in [0.15, 0.2) is 37.6 Å². The first-order chi connectivity index (χ1) is 41.2. The van der Waals surface area contributed by atoms with E-state index in [1.807, 2.05) is 0 Å². The molecule has 0 aromatic heterocycles. The van der Waals surface area contributed by atoms with Crippen LogP contribution in [-0.2, 0) is 76.3 Å². The number of aliphatic hydroxyl groups excluding tert-OH is 14. The zero-order valence-corrected chi connectivity index (χ0v) is 49.2. The molecule has 0 unspecified atom stereocenters. The van der Waals surface area contributed by atoms with Crippen LogP contribution in [0.2, 0.25) is 0 Å². The molecule has 34 nitrogen and oxygen atoms in total. The Kier molecular flexibility index (Phi) is 30.7. The van der Waals surface area contributed by atoms with Gasteiger partial charge in [-0.05, 0) is 12.8 Å². The van der Waals surface area contributed by atoms with E-state index in [2.05, 4.69) is 21.7 Å². The number of ether oxygens (including phenoxy) is 10. The maximum absolute atomic E-state index is 12.7. The second-order valence-corrected chi connectivity index (χ2v) is 23.1. The Hall–Kier alpha value is -2.94. The van der Waals surface area contributed by atoms with Crippen LogP contribution >= 0.6 is 0 Å². The molecule has 5 saturated heterocycles. The third-order valence-electron chi connectivity index (χ3n) is 15.4. The van der Waals surface area contributed by atoms with Crippen LogP contribution < -0.4 is 10.6 Å². The number of nitrogens with one attached hydrogen (secondary N) is 2. The summed E-state index contributed by atoms with van der Waals surface area (Å²) in [5.74, 6) is -3.40. The van der Waals surface area contributed by atoms with E-state index >= 15 is 0 Å². The molecule has 35 heteroatoms. The van der Waals surface area contributed by atoms with Crippen molar-refractivity contribution in [2.45, 2.75) is 263 Å². The Balaban J connectivity index is 1.24. The highest BCUT2D eigenvalue weighted by molar-refractivity contribution is 7.80. The number of aliphatic carboxylic acids is 1. The molecule has 0 aromatic rings. The maximum atomic E-state index is 12.7. The molecule has 5 fully saturated rings. The average Bonchev–Trinajstić information content (AvgIpc) is 0.862. The van der Waals surface area contributed by atoms with E-state index in [0.717, 1.165) is 32.6 Å². The lowest BCUT2D eigenvalue weighted by Gasteiger charge is -2.50. The van der Waals surface area contributed by atoms with Gasteiger partial charge in [-0.2, -0.15) is 8.42 Å². The van der Waals surface area contributed by atoms with Crippen molar-refractivity contribution in [3.63, 3.8) is 0 Å². The van der Waals surface area contributed by atoms with Crippen LogP contribution in [0.4, 0.5) is 0 Å². The van der Waals surface area contributed by atoms with E-state index in [1.165, 1.54) is 57.9 Å². The van der Waals surface area contributed by atoms with Crippen molar-refractivity contribution in [3.05, 3.63) is 12.2 Å². The number of carboxylic acids is 1. The van der Waals surface area contributed by atoms with Crippen molar-refractivity contribution in [3.8, 4) is 0 Å². The van der Waals surface area contributed by atoms with Crippen molar-refractivity contribution in [1.82, 2.24) is 10.6 Å². The van der Waals surface area contributed by atoms with Crippen molar-refractivity contribution in [2.75, 3.05) is 33.0 Å². The fourth-order valence-electron chi connectivity index (χ4n) is 10.8. The zero-order valence-electron chi connectivity index (χ0n) is 48.4. The summed E-state index contributed by atoms with van der Waals surface area (Å²) in [7, 11) is -5.51. The molecule has 0 bridgehead atoms. The topological polar surface area (TPSA) is 535 Å². The van der Waals surface area contributed by atoms with E-state index in [1.54, 1.807) is 6.08 Å². The largest absolute Gasteiger partial charge is 0.479 e. The first kappa shape index (κ1) is 74.8. The van der Waals surface area contributed by atoms with Gasteiger partial charge in [-0.1, -0.05) is 83.3 Å². The number of carboxylic acid groups (broad SMARTS) is 1. The summed E-state index contributed by atoms with van der Waals surface area (Å²) in [5, 5.41) is 169. The third kappa shape index (κ3) is 20.8. The molecule has 0 aromatic carbocycles. The summed E-state index contributed by atoms with van der Waals surface area (Å²) in [6.07, 6.45) is -34.7. The highest BCUT2D eigenvalue weighted by Crippen LogP contribution is 2.37. The summed E-state index contributed by atoms with van der Waals surface area (Å²) in [4.78, 5) is 36.7. The SMILES string of the molecule is CCCCCCCCCCCCC/C=C/[C@@H](O)[C@H](CO[C@@H]1O[C@H](CO)[C@@H](O[C@@H]2O[C@H](CO)[C@H](O)[C@H](O[C@@H]3O[C@H](CO)[C@@H](O[C@@H]4O[C@H](CO)[C@H](O)[C@H](O[C@@H]5O[C@H](C(=O)O)[C@@H](O)[C@H](OS(=O)(=O)O)[C@H]5O)[C@H]4O)[C@H](O)[C@H]3NC(C)=O)[C@H]2O)[C@H](O)[C@H]1O)NC(C)=O. The highest BCUT2D eigenvalue weighted by atomic mass is 32.3. The molecule has 18 N–H and O–H groups in total. The zero-order chi connectivity index (χ0) is 64.4. The van der Waals surface area contributed by atoms with Crippen molar-refractivity contribution in [2.24, 2.45) is 0 Å². The van der Waals surface area contributed by atoms with Gasteiger partial charge in [0.05, 0.1) is 45.2 Å². The maximum Gasteiger partial charge on any atom is 0.397 e. The van der Waals surface area contributed by atoms with Gasteiger partial charge < -0.3 is 135 Å². The second-order valence-electron chi connectivity index (χ2n) is 22.1. The minimum atomic E-state index is -5.51. The van der Waals surface area contributed by atoms with Crippen molar-refractivity contribution in [1.29, 1.82) is 0 Å². The Bertz CT molecular complexity index is 2210. The molecule has 87 heavy (non-hydrogen) atoms. The predicted molar refractivity (Wildman–Crippen MR) is 287 cm³/mol. The molecule has 506 valence electrons. The number of allylic oxidation sites excluding steroid dienone is 1.